The molecule has 0 bridgehead atoms. The first-order valence-corrected chi connectivity index (χ1v) is 8.12. The number of rotatable bonds is 5. The lowest BCUT2D eigenvalue weighted by molar-refractivity contribution is -0.123. The molecule has 1 saturated heterocycles. The third kappa shape index (κ3) is 4.11. The highest BCUT2D eigenvalue weighted by Gasteiger charge is 2.25. The van der Waals surface area contributed by atoms with Crippen LogP contribution in [0, 0.1) is 5.82 Å². The van der Waals surface area contributed by atoms with Crippen LogP contribution in [0.5, 0.6) is 0 Å². The van der Waals surface area contributed by atoms with Gasteiger partial charge in [-0.05, 0) is 18.6 Å². The quantitative estimate of drug-likeness (QED) is 0.876. The first-order chi connectivity index (χ1) is 9.60. The van der Waals surface area contributed by atoms with Crippen molar-refractivity contribution < 1.29 is 9.18 Å². The first kappa shape index (κ1) is 15.6. The van der Waals surface area contributed by atoms with E-state index in [-0.39, 0.29) is 23.3 Å². The maximum Gasteiger partial charge on any atom is 0.223 e. The molecule has 1 amide bonds. The highest BCUT2D eigenvalue weighted by Crippen LogP contribution is 2.26. The summed E-state index contributed by atoms with van der Waals surface area (Å²) >= 11 is 7.44. The SMILES string of the molecule is CCCC1CC(=O)NC(SCc2c(F)cccc2Cl)N1. The fourth-order valence-electron chi connectivity index (χ4n) is 2.20. The molecule has 110 valence electrons. The Balaban J connectivity index is 1.94. The molecule has 2 rings (SSSR count). The maximum atomic E-state index is 13.7. The van der Waals surface area contributed by atoms with E-state index < -0.39 is 0 Å². The summed E-state index contributed by atoms with van der Waals surface area (Å²) in [6, 6.07) is 4.85. The maximum absolute atomic E-state index is 13.7. The number of benzene rings is 1. The van der Waals surface area contributed by atoms with Crippen molar-refractivity contribution in [1.82, 2.24) is 10.6 Å². The van der Waals surface area contributed by atoms with Gasteiger partial charge in [-0.1, -0.05) is 31.0 Å². The highest BCUT2D eigenvalue weighted by molar-refractivity contribution is 7.99. The minimum absolute atomic E-state index is 0.0410. The van der Waals surface area contributed by atoms with Crippen LogP contribution in [0.2, 0.25) is 5.02 Å². The summed E-state index contributed by atoms with van der Waals surface area (Å²) in [5.41, 5.74) is 0.288. The highest BCUT2D eigenvalue weighted by atomic mass is 35.5. The Morgan fingerprint density at radius 2 is 2.30 bits per heavy atom. The number of amides is 1. The molecule has 6 heteroatoms. The number of thioether (sulfide) groups is 1. The van der Waals surface area contributed by atoms with Crippen molar-refractivity contribution in [2.75, 3.05) is 0 Å². The Morgan fingerprint density at radius 1 is 1.50 bits per heavy atom. The molecule has 1 aliphatic heterocycles. The van der Waals surface area contributed by atoms with E-state index in [1.54, 1.807) is 12.1 Å². The molecule has 0 aliphatic carbocycles. The predicted molar refractivity (Wildman–Crippen MR) is 81.1 cm³/mol. The van der Waals surface area contributed by atoms with Crippen LogP contribution < -0.4 is 10.6 Å². The molecular formula is C14H18ClFN2OS. The number of carbonyl (C=O) groups excluding carboxylic acids is 1. The molecule has 1 heterocycles. The molecule has 1 aromatic carbocycles. The molecule has 0 aromatic heterocycles. The van der Waals surface area contributed by atoms with Crippen molar-refractivity contribution >= 4 is 29.3 Å². The lowest BCUT2D eigenvalue weighted by atomic mass is 10.1. The minimum atomic E-state index is -0.308. The van der Waals surface area contributed by atoms with E-state index in [1.165, 1.54) is 17.8 Å². The van der Waals surface area contributed by atoms with Gasteiger partial charge in [0.1, 0.15) is 11.3 Å². The normalized spacial score (nSPS) is 22.6. The molecule has 1 aliphatic rings. The predicted octanol–water partition coefficient (Wildman–Crippen LogP) is 3.27. The van der Waals surface area contributed by atoms with Gasteiger partial charge in [0, 0.05) is 28.8 Å². The Bertz CT molecular complexity index is 466. The first-order valence-electron chi connectivity index (χ1n) is 6.70. The van der Waals surface area contributed by atoms with Crippen molar-refractivity contribution in [2.24, 2.45) is 0 Å². The van der Waals surface area contributed by atoms with Crippen LogP contribution in [0.1, 0.15) is 31.7 Å². The van der Waals surface area contributed by atoms with Crippen LogP contribution in [0.3, 0.4) is 0 Å². The van der Waals surface area contributed by atoms with E-state index in [1.807, 2.05) is 0 Å². The minimum Gasteiger partial charge on any atom is -0.332 e. The Hall–Kier alpha value is -0.780. The van der Waals surface area contributed by atoms with Gasteiger partial charge >= 0.3 is 0 Å². The van der Waals surface area contributed by atoms with Crippen LogP contribution in [0.4, 0.5) is 4.39 Å². The average Bonchev–Trinajstić information content (AvgIpc) is 2.38. The van der Waals surface area contributed by atoms with Crippen molar-refractivity contribution in [2.45, 2.75) is 43.5 Å². The number of hydrogen-bond acceptors (Lipinski definition) is 3. The molecule has 0 saturated carbocycles. The molecule has 3 nitrogen and oxygen atoms in total. The molecule has 1 fully saturated rings. The number of carbonyl (C=O) groups is 1. The number of nitrogens with one attached hydrogen (secondary N) is 2. The summed E-state index contributed by atoms with van der Waals surface area (Å²) in [5.74, 6) is 0.152. The zero-order chi connectivity index (χ0) is 14.5. The Labute approximate surface area is 127 Å². The van der Waals surface area contributed by atoms with E-state index in [2.05, 4.69) is 17.6 Å². The standard InChI is InChI=1S/C14H18ClFN2OS/c1-2-4-9-7-13(19)18-14(17-9)20-8-10-11(15)5-3-6-12(10)16/h3,5-6,9,14,17H,2,4,7-8H2,1H3,(H,18,19). The van der Waals surface area contributed by atoms with Gasteiger partial charge in [0.25, 0.3) is 0 Å². The van der Waals surface area contributed by atoms with Gasteiger partial charge in [0.05, 0.1) is 0 Å². The van der Waals surface area contributed by atoms with Crippen molar-refractivity contribution in [3.05, 3.63) is 34.6 Å². The molecule has 0 radical (unpaired) electrons. The van der Waals surface area contributed by atoms with Crippen molar-refractivity contribution in [3.8, 4) is 0 Å². The molecule has 20 heavy (non-hydrogen) atoms. The number of hydrogen-bond donors (Lipinski definition) is 2. The molecule has 2 N–H and O–H groups in total. The van der Waals surface area contributed by atoms with Crippen molar-refractivity contribution in [3.63, 3.8) is 0 Å². The van der Waals surface area contributed by atoms with Gasteiger partial charge in [0.2, 0.25) is 5.91 Å². The number of halogens is 2. The van der Waals surface area contributed by atoms with Gasteiger partial charge in [0.15, 0.2) is 0 Å². The van der Waals surface area contributed by atoms with Gasteiger partial charge < -0.3 is 5.32 Å². The van der Waals surface area contributed by atoms with Gasteiger partial charge in [-0.25, -0.2) is 4.39 Å². The lowest BCUT2D eigenvalue weighted by Gasteiger charge is -2.31. The molecule has 2 unspecified atom stereocenters. The monoisotopic (exact) mass is 316 g/mol. The van der Waals surface area contributed by atoms with Gasteiger partial charge in [-0.2, -0.15) is 0 Å². The Morgan fingerprint density at radius 3 is 3.00 bits per heavy atom. The summed E-state index contributed by atoms with van der Waals surface area (Å²) in [4.78, 5) is 11.6. The fraction of sp³-hybridized carbons (Fsp3) is 0.500. The second kappa shape index (κ2) is 7.29. The van der Waals surface area contributed by atoms with Gasteiger partial charge in [-0.15, -0.1) is 11.8 Å². The van der Waals surface area contributed by atoms with E-state index in [4.69, 9.17) is 11.6 Å². The van der Waals surface area contributed by atoms with Crippen molar-refractivity contribution in [1.29, 1.82) is 0 Å². The fourth-order valence-corrected chi connectivity index (χ4v) is 3.64. The van der Waals surface area contributed by atoms with Crippen LogP contribution in [0.25, 0.3) is 0 Å². The molecule has 1 aromatic rings. The van der Waals surface area contributed by atoms with E-state index in [0.717, 1.165) is 12.8 Å². The summed E-state index contributed by atoms with van der Waals surface area (Å²) < 4.78 is 13.7. The van der Waals surface area contributed by atoms with Crippen LogP contribution in [0.15, 0.2) is 18.2 Å². The van der Waals surface area contributed by atoms with Gasteiger partial charge in [-0.3, -0.25) is 10.1 Å². The summed E-state index contributed by atoms with van der Waals surface area (Å²) in [7, 11) is 0. The largest absolute Gasteiger partial charge is 0.332 e. The molecular weight excluding hydrogens is 299 g/mol. The summed E-state index contributed by atoms with van der Waals surface area (Å²) in [6.45, 7) is 2.09. The molecule has 0 spiro atoms. The average molecular weight is 317 g/mol. The van der Waals surface area contributed by atoms with E-state index in [9.17, 15) is 9.18 Å². The third-order valence-electron chi connectivity index (χ3n) is 3.20. The second-order valence-electron chi connectivity index (χ2n) is 4.82. The Kier molecular flexibility index (Phi) is 5.69. The molecule has 2 atom stereocenters. The third-order valence-corrected chi connectivity index (χ3v) is 4.60. The smallest absolute Gasteiger partial charge is 0.223 e. The van der Waals surface area contributed by atoms with Crippen LogP contribution >= 0.6 is 23.4 Å². The van der Waals surface area contributed by atoms with Crippen LogP contribution in [-0.4, -0.2) is 17.4 Å². The second-order valence-corrected chi connectivity index (χ2v) is 6.32. The van der Waals surface area contributed by atoms with Crippen LogP contribution in [-0.2, 0) is 10.5 Å². The van der Waals surface area contributed by atoms with E-state index in [0.29, 0.717) is 22.8 Å². The zero-order valence-corrected chi connectivity index (χ0v) is 12.9. The summed E-state index contributed by atoms with van der Waals surface area (Å²) in [5, 5.41) is 6.64. The summed E-state index contributed by atoms with van der Waals surface area (Å²) in [6.07, 6.45) is 2.50. The lowest BCUT2D eigenvalue weighted by Crippen LogP contribution is -2.54. The zero-order valence-electron chi connectivity index (χ0n) is 11.3. The van der Waals surface area contributed by atoms with E-state index >= 15 is 0 Å². The topological polar surface area (TPSA) is 41.1 Å².